The molecule has 0 aromatic carbocycles. The molecule has 2 rings (SSSR count). The van der Waals surface area contributed by atoms with Crippen molar-refractivity contribution in [3.05, 3.63) is 23.9 Å². The number of nitrogens with two attached hydrogens (primary N) is 1. The van der Waals surface area contributed by atoms with Gasteiger partial charge in [-0.2, -0.15) is 0 Å². The molecule has 15 heavy (non-hydrogen) atoms. The predicted molar refractivity (Wildman–Crippen MR) is 63.0 cm³/mol. The maximum absolute atomic E-state index is 5.74. The van der Waals surface area contributed by atoms with Crippen LogP contribution in [0.2, 0.25) is 0 Å². The highest BCUT2D eigenvalue weighted by molar-refractivity contribution is 7.80. The molecule has 1 aromatic heterocycles. The lowest BCUT2D eigenvalue weighted by Crippen LogP contribution is -2.14. The Bertz CT molecular complexity index is 361. The minimum Gasteiger partial charge on any atom is -0.474 e. The summed E-state index contributed by atoms with van der Waals surface area (Å²) in [6.45, 7) is 0. The van der Waals surface area contributed by atoms with Gasteiger partial charge in [-0.25, -0.2) is 4.98 Å². The van der Waals surface area contributed by atoms with Gasteiger partial charge in [-0.3, -0.25) is 0 Å². The van der Waals surface area contributed by atoms with E-state index in [9.17, 15) is 0 Å². The smallest absolute Gasteiger partial charge is 0.214 e. The Morgan fingerprint density at radius 1 is 1.47 bits per heavy atom. The minimum atomic E-state index is 0.319. The molecular formula is C11H14N2OS. The lowest BCUT2D eigenvalue weighted by molar-refractivity contribution is 0.201. The second-order valence-corrected chi connectivity index (χ2v) is 4.21. The van der Waals surface area contributed by atoms with Crippen LogP contribution in [0.1, 0.15) is 31.2 Å². The second-order valence-electron chi connectivity index (χ2n) is 3.77. The van der Waals surface area contributed by atoms with Crippen molar-refractivity contribution in [3.63, 3.8) is 0 Å². The zero-order chi connectivity index (χ0) is 10.7. The summed E-state index contributed by atoms with van der Waals surface area (Å²) in [5, 5.41) is 0. The zero-order valence-corrected chi connectivity index (χ0v) is 9.30. The molecule has 0 saturated heterocycles. The van der Waals surface area contributed by atoms with Crippen LogP contribution in [-0.2, 0) is 0 Å². The molecule has 0 unspecified atom stereocenters. The van der Waals surface area contributed by atoms with Crippen molar-refractivity contribution in [2.45, 2.75) is 31.8 Å². The number of thiocarbonyl (C=S) groups is 1. The van der Waals surface area contributed by atoms with Gasteiger partial charge >= 0.3 is 0 Å². The van der Waals surface area contributed by atoms with Crippen molar-refractivity contribution < 1.29 is 4.74 Å². The molecule has 0 aliphatic heterocycles. The first-order valence-corrected chi connectivity index (χ1v) is 5.59. The number of nitrogens with zero attached hydrogens (tertiary/aromatic N) is 1. The number of aromatic nitrogens is 1. The van der Waals surface area contributed by atoms with Gasteiger partial charge in [-0.1, -0.05) is 12.2 Å². The molecular weight excluding hydrogens is 208 g/mol. The Kier molecular flexibility index (Phi) is 3.16. The van der Waals surface area contributed by atoms with Crippen LogP contribution >= 0.6 is 12.2 Å². The average molecular weight is 222 g/mol. The molecule has 0 spiro atoms. The normalized spacial score (nSPS) is 16.5. The molecule has 1 aromatic rings. The molecule has 1 saturated carbocycles. The van der Waals surface area contributed by atoms with Crippen molar-refractivity contribution in [2.75, 3.05) is 0 Å². The van der Waals surface area contributed by atoms with Crippen LogP contribution < -0.4 is 10.5 Å². The van der Waals surface area contributed by atoms with Gasteiger partial charge in [0.1, 0.15) is 11.1 Å². The molecule has 1 aliphatic rings. The van der Waals surface area contributed by atoms with Gasteiger partial charge in [0.05, 0.1) is 0 Å². The van der Waals surface area contributed by atoms with Crippen LogP contribution in [0.25, 0.3) is 0 Å². The maximum Gasteiger partial charge on any atom is 0.214 e. The quantitative estimate of drug-likeness (QED) is 0.795. The zero-order valence-electron chi connectivity index (χ0n) is 8.48. The fourth-order valence-electron chi connectivity index (χ4n) is 1.80. The summed E-state index contributed by atoms with van der Waals surface area (Å²) in [4.78, 5) is 4.53. The molecule has 80 valence electrons. The average Bonchev–Trinajstić information content (AvgIpc) is 2.71. The van der Waals surface area contributed by atoms with Crippen LogP contribution in [0.4, 0.5) is 0 Å². The minimum absolute atomic E-state index is 0.319. The molecule has 1 heterocycles. The highest BCUT2D eigenvalue weighted by Gasteiger charge is 2.17. The summed E-state index contributed by atoms with van der Waals surface area (Å²) in [5.74, 6) is 0.632. The highest BCUT2D eigenvalue weighted by Crippen LogP contribution is 2.23. The standard InChI is InChI=1S/C11H14N2OS/c12-11(15)8-5-6-13-10(7-8)14-9-3-1-2-4-9/h5-7,9H,1-4H2,(H2,12,15). The van der Waals surface area contributed by atoms with E-state index >= 15 is 0 Å². The first kappa shape index (κ1) is 10.4. The molecule has 0 atom stereocenters. The molecule has 0 amide bonds. The molecule has 0 radical (unpaired) electrons. The lowest BCUT2D eigenvalue weighted by Gasteiger charge is -2.12. The van der Waals surface area contributed by atoms with Crippen LogP contribution in [0.3, 0.4) is 0 Å². The summed E-state index contributed by atoms with van der Waals surface area (Å²) in [7, 11) is 0. The summed E-state index contributed by atoms with van der Waals surface area (Å²) >= 11 is 4.90. The van der Waals surface area contributed by atoms with E-state index in [4.69, 9.17) is 22.7 Å². The molecule has 2 N–H and O–H groups in total. The number of pyridine rings is 1. The van der Waals surface area contributed by atoms with E-state index in [-0.39, 0.29) is 0 Å². The largest absolute Gasteiger partial charge is 0.474 e. The third-order valence-corrected chi connectivity index (χ3v) is 2.84. The third-order valence-electron chi connectivity index (χ3n) is 2.61. The molecule has 1 fully saturated rings. The summed E-state index contributed by atoms with van der Waals surface area (Å²) in [6, 6.07) is 3.60. The van der Waals surface area contributed by atoms with Crippen LogP contribution in [-0.4, -0.2) is 16.1 Å². The third kappa shape index (κ3) is 2.65. The topological polar surface area (TPSA) is 48.1 Å². The van der Waals surface area contributed by atoms with Crippen LogP contribution in [0, 0.1) is 0 Å². The maximum atomic E-state index is 5.74. The van der Waals surface area contributed by atoms with Gasteiger partial charge in [0.25, 0.3) is 0 Å². The number of hydrogen-bond donors (Lipinski definition) is 1. The second kappa shape index (κ2) is 4.57. The van der Waals surface area contributed by atoms with E-state index in [0.717, 1.165) is 18.4 Å². The monoisotopic (exact) mass is 222 g/mol. The Hall–Kier alpha value is -1.16. The number of rotatable bonds is 3. The number of hydrogen-bond acceptors (Lipinski definition) is 3. The fraction of sp³-hybridized carbons (Fsp3) is 0.455. The van der Waals surface area contributed by atoms with Crippen molar-refractivity contribution in [1.29, 1.82) is 0 Å². The van der Waals surface area contributed by atoms with Crippen molar-refractivity contribution >= 4 is 17.2 Å². The van der Waals surface area contributed by atoms with Gasteiger partial charge in [0.2, 0.25) is 5.88 Å². The summed E-state index contributed by atoms with van der Waals surface area (Å²) < 4.78 is 5.74. The van der Waals surface area contributed by atoms with E-state index in [2.05, 4.69) is 4.98 Å². The van der Waals surface area contributed by atoms with E-state index in [1.54, 1.807) is 18.3 Å². The Morgan fingerprint density at radius 2 is 2.20 bits per heavy atom. The van der Waals surface area contributed by atoms with Crippen LogP contribution in [0.5, 0.6) is 5.88 Å². The van der Waals surface area contributed by atoms with E-state index in [1.807, 2.05) is 0 Å². The molecule has 3 nitrogen and oxygen atoms in total. The molecule has 1 aliphatic carbocycles. The fourth-order valence-corrected chi connectivity index (χ4v) is 1.93. The van der Waals surface area contributed by atoms with E-state index < -0.39 is 0 Å². The highest BCUT2D eigenvalue weighted by atomic mass is 32.1. The van der Waals surface area contributed by atoms with Gasteiger partial charge in [-0.05, 0) is 31.7 Å². The summed E-state index contributed by atoms with van der Waals surface area (Å²) in [5.41, 5.74) is 6.35. The SMILES string of the molecule is NC(=S)c1ccnc(OC2CCCC2)c1. The van der Waals surface area contributed by atoms with Crippen molar-refractivity contribution in [1.82, 2.24) is 4.98 Å². The first-order valence-electron chi connectivity index (χ1n) is 5.18. The van der Waals surface area contributed by atoms with Crippen molar-refractivity contribution in [3.8, 4) is 5.88 Å². The lowest BCUT2D eigenvalue weighted by atomic mass is 10.2. The van der Waals surface area contributed by atoms with E-state index in [1.165, 1.54) is 12.8 Å². The van der Waals surface area contributed by atoms with Gasteiger partial charge in [0.15, 0.2) is 0 Å². The van der Waals surface area contributed by atoms with Gasteiger partial charge in [-0.15, -0.1) is 0 Å². The Balaban J connectivity index is 2.07. The number of ether oxygens (including phenoxy) is 1. The Morgan fingerprint density at radius 3 is 2.87 bits per heavy atom. The molecule has 0 bridgehead atoms. The summed E-state index contributed by atoms with van der Waals surface area (Å²) in [6.07, 6.45) is 6.75. The van der Waals surface area contributed by atoms with Crippen LogP contribution in [0.15, 0.2) is 18.3 Å². The van der Waals surface area contributed by atoms with E-state index in [0.29, 0.717) is 17.0 Å². The first-order chi connectivity index (χ1) is 7.25. The Labute approximate surface area is 94.6 Å². The molecule has 4 heteroatoms. The van der Waals surface area contributed by atoms with Crippen molar-refractivity contribution in [2.24, 2.45) is 5.73 Å². The van der Waals surface area contributed by atoms with Gasteiger partial charge in [0, 0.05) is 17.8 Å². The van der Waals surface area contributed by atoms with Gasteiger partial charge < -0.3 is 10.5 Å². The predicted octanol–water partition coefficient (Wildman–Crippen LogP) is 2.04.